The van der Waals surface area contributed by atoms with Gasteiger partial charge in [-0.05, 0) is 40.8 Å². The fourth-order valence-electron chi connectivity index (χ4n) is 1.02. The molecule has 92 valence electrons. The number of halogens is 1. The van der Waals surface area contributed by atoms with Gasteiger partial charge in [-0.2, -0.15) is 0 Å². The molecule has 0 radical (unpaired) electrons. The number of carboxylic acid groups (broad SMARTS) is 1. The van der Waals surface area contributed by atoms with Gasteiger partial charge in [-0.3, -0.25) is 0 Å². The van der Waals surface area contributed by atoms with Crippen molar-refractivity contribution in [3.05, 3.63) is 27.8 Å². The van der Waals surface area contributed by atoms with Gasteiger partial charge in [0.2, 0.25) is 0 Å². The van der Waals surface area contributed by atoms with Gasteiger partial charge < -0.3 is 20.8 Å². The second-order valence-electron chi connectivity index (χ2n) is 3.20. The Bertz CT molecular complexity index is 425. The molecule has 0 aliphatic heterocycles. The first kappa shape index (κ1) is 13.7. The second kappa shape index (κ2) is 6.40. The molecule has 0 aliphatic carbocycles. The van der Waals surface area contributed by atoms with E-state index in [2.05, 4.69) is 33.2 Å². The fourth-order valence-corrected chi connectivity index (χ4v) is 1.56. The summed E-state index contributed by atoms with van der Waals surface area (Å²) in [6, 6.07) is 6.55. The maximum atomic E-state index is 11.3. The molecule has 0 aliphatic rings. The standard InChI is InChI=1S/C10H11IN2O4/c11-6-2-1-3-7(4-6)13-10(17)12-5-8(14)9(15)16/h1-4,8,14H,5H2,(H,15,16)(H2,12,13,17)/t8-/m0/s1. The number of urea groups is 1. The molecular formula is C10H11IN2O4. The molecule has 0 saturated heterocycles. The minimum Gasteiger partial charge on any atom is -0.479 e. The number of carbonyl (C=O) groups excluding carboxylic acids is 1. The molecular weight excluding hydrogens is 339 g/mol. The van der Waals surface area contributed by atoms with E-state index in [0.29, 0.717) is 5.69 Å². The van der Waals surface area contributed by atoms with E-state index in [9.17, 15) is 9.59 Å². The van der Waals surface area contributed by atoms with E-state index in [-0.39, 0.29) is 6.54 Å². The first-order valence-electron chi connectivity index (χ1n) is 4.70. The molecule has 1 atom stereocenters. The van der Waals surface area contributed by atoms with Gasteiger partial charge in [0, 0.05) is 9.26 Å². The third kappa shape index (κ3) is 5.00. The maximum Gasteiger partial charge on any atom is 0.334 e. The zero-order valence-electron chi connectivity index (χ0n) is 8.68. The number of amides is 2. The number of benzene rings is 1. The summed E-state index contributed by atoms with van der Waals surface area (Å²) in [5.74, 6) is -1.38. The summed E-state index contributed by atoms with van der Waals surface area (Å²) in [4.78, 5) is 21.6. The van der Waals surface area contributed by atoms with Crippen LogP contribution in [0.4, 0.5) is 10.5 Å². The highest BCUT2D eigenvalue weighted by Gasteiger charge is 2.13. The number of carbonyl (C=O) groups is 2. The van der Waals surface area contributed by atoms with Crippen molar-refractivity contribution in [1.29, 1.82) is 0 Å². The number of nitrogens with one attached hydrogen (secondary N) is 2. The Balaban J connectivity index is 2.42. The van der Waals surface area contributed by atoms with Crippen molar-refractivity contribution in [2.24, 2.45) is 0 Å². The molecule has 0 fully saturated rings. The number of aliphatic hydroxyl groups is 1. The lowest BCUT2D eigenvalue weighted by Gasteiger charge is -2.09. The zero-order chi connectivity index (χ0) is 12.8. The lowest BCUT2D eigenvalue weighted by atomic mass is 10.3. The lowest BCUT2D eigenvalue weighted by Crippen LogP contribution is -2.38. The van der Waals surface area contributed by atoms with Crippen LogP contribution in [0.15, 0.2) is 24.3 Å². The van der Waals surface area contributed by atoms with Gasteiger partial charge in [-0.25, -0.2) is 9.59 Å². The third-order valence-corrected chi connectivity index (χ3v) is 2.49. The van der Waals surface area contributed by atoms with Crippen LogP contribution in [0.25, 0.3) is 0 Å². The van der Waals surface area contributed by atoms with Crippen LogP contribution in [0.3, 0.4) is 0 Å². The molecule has 0 heterocycles. The molecule has 1 rings (SSSR count). The number of carboxylic acids is 1. The van der Waals surface area contributed by atoms with Crippen LogP contribution in [0, 0.1) is 3.57 Å². The molecule has 4 N–H and O–H groups in total. The van der Waals surface area contributed by atoms with E-state index in [4.69, 9.17) is 10.2 Å². The zero-order valence-corrected chi connectivity index (χ0v) is 10.8. The molecule has 0 aromatic heterocycles. The van der Waals surface area contributed by atoms with E-state index in [1.165, 1.54) is 0 Å². The average Bonchev–Trinajstić information content (AvgIpc) is 2.25. The van der Waals surface area contributed by atoms with Crippen molar-refractivity contribution in [3.8, 4) is 0 Å². The Hall–Kier alpha value is -1.35. The molecule has 17 heavy (non-hydrogen) atoms. The maximum absolute atomic E-state index is 11.3. The topological polar surface area (TPSA) is 98.7 Å². The Morgan fingerprint density at radius 2 is 2.12 bits per heavy atom. The number of aliphatic hydroxyl groups excluding tert-OH is 1. The Labute approximate surface area is 111 Å². The lowest BCUT2D eigenvalue weighted by molar-refractivity contribution is -0.146. The average molecular weight is 350 g/mol. The molecule has 1 aromatic rings. The highest BCUT2D eigenvalue weighted by Crippen LogP contribution is 2.11. The smallest absolute Gasteiger partial charge is 0.334 e. The largest absolute Gasteiger partial charge is 0.479 e. The normalized spacial score (nSPS) is 11.6. The van der Waals surface area contributed by atoms with Crippen LogP contribution >= 0.6 is 22.6 Å². The Kier molecular flexibility index (Phi) is 5.16. The number of anilines is 1. The van der Waals surface area contributed by atoms with Gasteiger partial charge >= 0.3 is 12.0 Å². The van der Waals surface area contributed by atoms with Crippen LogP contribution in [0.1, 0.15) is 0 Å². The summed E-state index contributed by atoms with van der Waals surface area (Å²) in [5, 5.41) is 22.1. The number of rotatable bonds is 4. The summed E-state index contributed by atoms with van der Waals surface area (Å²) in [6.07, 6.45) is -1.60. The van der Waals surface area contributed by atoms with Crippen LogP contribution in [-0.4, -0.2) is 34.9 Å². The van der Waals surface area contributed by atoms with Crippen molar-refractivity contribution in [2.45, 2.75) is 6.10 Å². The molecule has 7 heteroatoms. The van der Waals surface area contributed by atoms with Gasteiger partial charge in [0.25, 0.3) is 0 Å². The molecule has 0 saturated carbocycles. The molecule has 0 bridgehead atoms. The monoisotopic (exact) mass is 350 g/mol. The van der Waals surface area contributed by atoms with E-state index >= 15 is 0 Å². The predicted molar refractivity (Wildman–Crippen MR) is 69.8 cm³/mol. The SMILES string of the molecule is O=C(NC[C@H](O)C(=O)O)Nc1cccc(I)c1. The first-order chi connectivity index (χ1) is 7.99. The Morgan fingerprint density at radius 3 is 2.71 bits per heavy atom. The first-order valence-corrected chi connectivity index (χ1v) is 5.78. The molecule has 0 unspecified atom stereocenters. The molecule has 2 amide bonds. The highest BCUT2D eigenvalue weighted by atomic mass is 127. The fraction of sp³-hybridized carbons (Fsp3) is 0.200. The van der Waals surface area contributed by atoms with Crippen molar-refractivity contribution in [1.82, 2.24) is 5.32 Å². The predicted octanol–water partition coefficient (Wildman–Crippen LogP) is 0.858. The molecule has 0 spiro atoms. The summed E-state index contributed by atoms with van der Waals surface area (Å²) in [7, 11) is 0. The van der Waals surface area contributed by atoms with E-state index < -0.39 is 18.1 Å². The quantitative estimate of drug-likeness (QED) is 0.606. The minimum absolute atomic E-state index is 0.342. The van der Waals surface area contributed by atoms with Crippen LogP contribution in [0.2, 0.25) is 0 Å². The van der Waals surface area contributed by atoms with Crippen molar-refractivity contribution in [2.75, 3.05) is 11.9 Å². The number of hydrogen-bond acceptors (Lipinski definition) is 3. The number of aliphatic carboxylic acids is 1. The van der Waals surface area contributed by atoms with Gasteiger partial charge in [0.05, 0.1) is 6.54 Å². The van der Waals surface area contributed by atoms with Crippen LogP contribution < -0.4 is 10.6 Å². The molecule has 1 aromatic carbocycles. The van der Waals surface area contributed by atoms with Gasteiger partial charge in [-0.1, -0.05) is 6.07 Å². The molecule has 6 nitrogen and oxygen atoms in total. The Morgan fingerprint density at radius 1 is 1.41 bits per heavy atom. The van der Waals surface area contributed by atoms with Crippen molar-refractivity contribution in [3.63, 3.8) is 0 Å². The van der Waals surface area contributed by atoms with E-state index in [0.717, 1.165) is 3.57 Å². The highest BCUT2D eigenvalue weighted by molar-refractivity contribution is 14.1. The number of hydrogen-bond donors (Lipinski definition) is 4. The van der Waals surface area contributed by atoms with Crippen molar-refractivity contribution < 1.29 is 19.8 Å². The van der Waals surface area contributed by atoms with E-state index in [1.807, 2.05) is 6.07 Å². The summed E-state index contributed by atoms with van der Waals surface area (Å²) >= 11 is 2.10. The summed E-state index contributed by atoms with van der Waals surface area (Å²) in [5.41, 5.74) is 0.596. The van der Waals surface area contributed by atoms with Gasteiger partial charge in [0.15, 0.2) is 6.10 Å². The summed E-state index contributed by atoms with van der Waals surface area (Å²) in [6.45, 7) is -0.342. The van der Waals surface area contributed by atoms with Gasteiger partial charge in [-0.15, -0.1) is 0 Å². The van der Waals surface area contributed by atoms with E-state index in [1.54, 1.807) is 18.2 Å². The van der Waals surface area contributed by atoms with Crippen LogP contribution in [0.5, 0.6) is 0 Å². The minimum atomic E-state index is -1.60. The van der Waals surface area contributed by atoms with Crippen LogP contribution in [-0.2, 0) is 4.79 Å². The third-order valence-electron chi connectivity index (χ3n) is 1.82. The second-order valence-corrected chi connectivity index (χ2v) is 4.45. The summed E-state index contributed by atoms with van der Waals surface area (Å²) < 4.78 is 0.964. The van der Waals surface area contributed by atoms with Gasteiger partial charge in [0.1, 0.15) is 0 Å². The van der Waals surface area contributed by atoms with Crippen molar-refractivity contribution >= 4 is 40.3 Å².